The number of imide groups is 1. The average Bonchev–Trinajstić information content (AvgIpc) is 3.06. The Morgan fingerprint density at radius 3 is 1.97 bits per heavy atom. The summed E-state index contributed by atoms with van der Waals surface area (Å²) in [5, 5.41) is 0.966. The monoisotopic (exact) mass is 408 g/mol. The first-order chi connectivity index (χ1) is 15.0. The van der Waals surface area contributed by atoms with Crippen molar-refractivity contribution in [2.75, 3.05) is 0 Å². The molecule has 1 fully saturated rings. The number of carbonyl (C=O) groups excluding carboxylic acids is 3. The van der Waals surface area contributed by atoms with E-state index in [2.05, 4.69) is 36.6 Å². The van der Waals surface area contributed by atoms with E-state index >= 15 is 0 Å². The molecule has 3 aromatic carbocycles. The third-order valence-corrected chi connectivity index (χ3v) is 7.29. The molecule has 5 nitrogen and oxygen atoms in total. The molecule has 3 aliphatic carbocycles. The van der Waals surface area contributed by atoms with E-state index < -0.39 is 23.2 Å². The van der Waals surface area contributed by atoms with Crippen LogP contribution < -0.4 is 5.43 Å². The molecule has 2 atom stereocenters. The molecule has 1 aliphatic heterocycles. The van der Waals surface area contributed by atoms with Crippen LogP contribution in [0.5, 0.6) is 0 Å². The number of benzene rings is 3. The summed E-state index contributed by atoms with van der Waals surface area (Å²) >= 11 is 0. The van der Waals surface area contributed by atoms with Gasteiger partial charge in [0.2, 0.25) is 0 Å². The Labute approximate surface area is 179 Å². The van der Waals surface area contributed by atoms with Crippen LogP contribution in [-0.4, -0.2) is 22.7 Å². The second kappa shape index (κ2) is 6.14. The van der Waals surface area contributed by atoms with Crippen molar-refractivity contribution in [3.63, 3.8) is 0 Å². The van der Waals surface area contributed by atoms with Crippen LogP contribution in [0.4, 0.5) is 0 Å². The SMILES string of the molecule is CC12c3ccccc3C(c3ccccc31)[C@H]1C(=O)N(NC(=O)c3ccccc3)C(=O)[C@@H]12. The van der Waals surface area contributed by atoms with Gasteiger partial charge in [-0.05, 0) is 34.4 Å². The van der Waals surface area contributed by atoms with Crippen molar-refractivity contribution < 1.29 is 14.4 Å². The van der Waals surface area contributed by atoms with Crippen molar-refractivity contribution >= 4 is 17.7 Å². The predicted molar refractivity (Wildman–Crippen MR) is 114 cm³/mol. The molecule has 0 unspecified atom stereocenters. The number of hydrogen-bond donors (Lipinski definition) is 1. The molecule has 0 spiro atoms. The van der Waals surface area contributed by atoms with Crippen molar-refractivity contribution in [2.24, 2.45) is 11.8 Å². The number of rotatable bonds is 2. The molecular weight excluding hydrogens is 388 g/mol. The van der Waals surface area contributed by atoms with Crippen LogP contribution in [0.3, 0.4) is 0 Å². The number of nitrogens with one attached hydrogen (secondary N) is 1. The summed E-state index contributed by atoms with van der Waals surface area (Å²) < 4.78 is 0. The molecule has 1 N–H and O–H groups in total. The van der Waals surface area contributed by atoms with Crippen molar-refractivity contribution in [1.29, 1.82) is 0 Å². The maximum Gasteiger partial charge on any atom is 0.270 e. The topological polar surface area (TPSA) is 66.5 Å². The van der Waals surface area contributed by atoms with E-state index in [1.54, 1.807) is 24.3 Å². The zero-order valence-corrected chi connectivity index (χ0v) is 16.9. The number of amides is 3. The van der Waals surface area contributed by atoms with Crippen molar-refractivity contribution in [2.45, 2.75) is 18.3 Å². The third-order valence-electron chi connectivity index (χ3n) is 7.29. The summed E-state index contributed by atoms with van der Waals surface area (Å²) in [6.45, 7) is 2.06. The molecule has 152 valence electrons. The van der Waals surface area contributed by atoms with Gasteiger partial charge in [-0.2, -0.15) is 5.01 Å². The van der Waals surface area contributed by atoms with Crippen LogP contribution in [0, 0.1) is 11.8 Å². The Hall–Kier alpha value is -3.73. The van der Waals surface area contributed by atoms with E-state index in [1.807, 2.05) is 30.3 Å². The highest BCUT2D eigenvalue weighted by atomic mass is 16.2. The van der Waals surface area contributed by atoms with E-state index in [1.165, 1.54) is 0 Å². The molecular formula is C26H20N2O3. The molecule has 0 saturated carbocycles. The van der Waals surface area contributed by atoms with E-state index in [4.69, 9.17) is 0 Å². The summed E-state index contributed by atoms with van der Waals surface area (Å²) in [5.41, 5.74) is 6.74. The molecule has 2 bridgehead atoms. The Kier molecular flexibility index (Phi) is 3.58. The minimum atomic E-state index is -0.633. The first-order valence-corrected chi connectivity index (χ1v) is 10.5. The molecule has 1 heterocycles. The molecule has 5 heteroatoms. The van der Waals surface area contributed by atoms with Gasteiger partial charge in [-0.1, -0.05) is 73.7 Å². The maximum absolute atomic E-state index is 13.6. The van der Waals surface area contributed by atoms with E-state index in [-0.39, 0.29) is 17.7 Å². The Bertz CT molecular complexity index is 1220. The number of nitrogens with zero attached hydrogens (tertiary/aromatic N) is 1. The van der Waals surface area contributed by atoms with Crippen LogP contribution in [0.1, 0.15) is 45.5 Å². The minimum absolute atomic E-state index is 0.200. The van der Waals surface area contributed by atoms with Gasteiger partial charge >= 0.3 is 0 Å². The van der Waals surface area contributed by atoms with Crippen LogP contribution in [0.2, 0.25) is 0 Å². The van der Waals surface area contributed by atoms with Gasteiger partial charge in [0.25, 0.3) is 17.7 Å². The highest BCUT2D eigenvalue weighted by Crippen LogP contribution is 2.63. The van der Waals surface area contributed by atoms with Gasteiger partial charge < -0.3 is 0 Å². The van der Waals surface area contributed by atoms with Gasteiger partial charge in [-0.3, -0.25) is 19.8 Å². The second-order valence-electron chi connectivity index (χ2n) is 8.68. The van der Waals surface area contributed by atoms with E-state index in [0.717, 1.165) is 27.3 Å². The smallest absolute Gasteiger partial charge is 0.270 e. The van der Waals surface area contributed by atoms with Crippen molar-refractivity contribution in [1.82, 2.24) is 10.4 Å². The predicted octanol–water partition coefficient (Wildman–Crippen LogP) is 3.40. The summed E-state index contributed by atoms with van der Waals surface area (Å²) in [4.78, 5) is 39.9. The molecule has 0 aromatic heterocycles. The minimum Gasteiger partial charge on any atom is -0.272 e. The first-order valence-electron chi connectivity index (χ1n) is 10.5. The van der Waals surface area contributed by atoms with Crippen LogP contribution in [-0.2, 0) is 15.0 Å². The molecule has 1 saturated heterocycles. The molecule has 4 aliphatic rings. The third kappa shape index (κ3) is 2.18. The molecule has 3 amide bonds. The molecule has 7 rings (SSSR count). The zero-order valence-electron chi connectivity index (χ0n) is 16.9. The first kappa shape index (κ1) is 18.1. The van der Waals surface area contributed by atoms with Gasteiger partial charge in [0, 0.05) is 16.9 Å². The summed E-state index contributed by atoms with van der Waals surface area (Å²) in [7, 11) is 0. The van der Waals surface area contributed by atoms with Crippen LogP contribution in [0.25, 0.3) is 0 Å². The van der Waals surface area contributed by atoms with Gasteiger partial charge in [0.05, 0.1) is 11.8 Å². The van der Waals surface area contributed by atoms with E-state index in [9.17, 15) is 14.4 Å². The fourth-order valence-electron chi connectivity index (χ4n) is 6.02. The van der Waals surface area contributed by atoms with E-state index in [0.29, 0.717) is 5.56 Å². The standard InChI is InChI=1S/C26H20N2O3/c1-26-18-13-7-5-11-16(18)20(17-12-6-8-14-19(17)26)21-22(26)25(31)28(24(21)30)27-23(29)15-9-3-2-4-10-15/h2-14,20-22H,1H3,(H,27,29)/t20?,21-,22-,26?/m1/s1. The lowest BCUT2D eigenvalue weighted by atomic mass is 9.48. The Morgan fingerprint density at radius 1 is 0.806 bits per heavy atom. The quantitative estimate of drug-likeness (QED) is 0.661. The van der Waals surface area contributed by atoms with Crippen LogP contribution >= 0.6 is 0 Å². The van der Waals surface area contributed by atoms with Gasteiger partial charge in [-0.25, -0.2) is 0 Å². The summed E-state index contributed by atoms with van der Waals surface area (Å²) in [6.07, 6.45) is 0. The Morgan fingerprint density at radius 2 is 1.35 bits per heavy atom. The average molecular weight is 408 g/mol. The highest BCUT2D eigenvalue weighted by Gasteiger charge is 2.66. The van der Waals surface area contributed by atoms with Gasteiger partial charge in [0.1, 0.15) is 0 Å². The second-order valence-corrected chi connectivity index (χ2v) is 8.68. The number of hydrogen-bond acceptors (Lipinski definition) is 3. The number of carbonyl (C=O) groups is 3. The zero-order chi connectivity index (χ0) is 21.3. The lowest BCUT2D eigenvalue weighted by Gasteiger charge is -2.52. The maximum atomic E-state index is 13.6. The lowest BCUT2D eigenvalue weighted by molar-refractivity contribution is -0.143. The van der Waals surface area contributed by atoms with Crippen molar-refractivity contribution in [3.8, 4) is 0 Å². The largest absolute Gasteiger partial charge is 0.272 e. The molecule has 3 aromatic rings. The lowest BCUT2D eigenvalue weighted by Crippen LogP contribution is -2.52. The number of hydrazine groups is 1. The summed E-state index contributed by atoms with van der Waals surface area (Å²) in [5.74, 6) is -2.41. The molecule has 0 radical (unpaired) electrons. The molecule has 31 heavy (non-hydrogen) atoms. The highest BCUT2D eigenvalue weighted by molar-refractivity contribution is 6.10. The van der Waals surface area contributed by atoms with Gasteiger partial charge in [0.15, 0.2) is 0 Å². The fraction of sp³-hybridized carbons (Fsp3) is 0.192. The van der Waals surface area contributed by atoms with Gasteiger partial charge in [-0.15, -0.1) is 0 Å². The normalized spacial score (nSPS) is 27.5. The summed E-state index contributed by atoms with van der Waals surface area (Å²) in [6, 6.07) is 24.8. The fourth-order valence-corrected chi connectivity index (χ4v) is 6.02. The van der Waals surface area contributed by atoms with Crippen LogP contribution in [0.15, 0.2) is 78.9 Å². The Balaban J connectivity index is 1.48. The van der Waals surface area contributed by atoms with Crippen molar-refractivity contribution in [3.05, 3.63) is 107 Å².